The van der Waals surface area contributed by atoms with Crippen molar-refractivity contribution in [2.45, 2.75) is 0 Å². The molecule has 0 aliphatic heterocycles. The Kier molecular flexibility index (Phi) is 7.45. The number of anilines is 5. The molecule has 0 aliphatic rings. The Hall–Kier alpha value is -4.14. The summed E-state index contributed by atoms with van der Waals surface area (Å²) in [5, 5.41) is 17.4. The molecule has 4 rings (SSSR count). The van der Waals surface area contributed by atoms with Gasteiger partial charge in [0.05, 0.1) is 23.0 Å². The lowest BCUT2D eigenvalue weighted by molar-refractivity contribution is 0.254. The second-order valence-corrected chi connectivity index (χ2v) is 8.75. The summed E-state index contributed by atoms with van der Waals surface area (Å²) in [5.41, 5.74) is 2.12. The summed E-state index contributed by atoms with van der Waals surface area (Å²) in [4.78, 5) is 33.2. The first-order valence-corrected chi connectivity index (χ1v) is 11.7. The number of nitriles is 1. The van der Waals surface area contributed by atoms with Gasteiger partial charge in [0.25, 0.3) is 0 Å². The molecule has 0 saturated carbocycles. The predicted molar refractivity (Wildman–Crippen MR) is 141 cm³/mol. The van der Waals surface area contributed by atoms with E-state index in [1.807, 2.05) is 6.07 Å². The largest absolute Gasteiger partial charge is 0.404 e. The lowest BCUT2D eigenvalue weighted by Crippen LogP contribution is -2.43. The molecule has 0 spiro atoms. The number of hydrazine groups is 1. The minimum atomic E-state index is -1.04. The predicted octanol–water partition coefficient (Wildman–Crippen LogP) is 7.06. The van der Waals surface area contributed by atoms with E-state index in [1.165, 1.54) is 11.2 Å². The number of hydrogen-bond donors (Lipinski definition) is 1. The third-order valence-electron chi connectivity index (χ3n) is 4.72. The van der Waals surface area contributed by atoms with Gasteiger partial charge >= 0.3 is 6.03 Å². The third-order valence-corrected chi connectivity index (χ3v) is 5.88. The minimum Gasteiger partial charge on any atom is -0.324 e. The van der Waals surface area contributed by atoms with Gasteiger partial charge in [0.2, 0.25) is 5.95 Å². The Labute approximate surface area is 217 Å². The van der Waals surface area contributed by atoms with Crippen LogP contribution in [-0.2, 0) is 0 Å². The minimum absolute atomic E-state index is 0.241. The Morgan fingerprint density at radius 1 is 1.00 bits per heavy atom. The summed E-state index contributed by atoms with van der Waals surface area (Å²) >= 11 is 6.91. The van der Waals surface area contributed by atoms with E-state index in [4.69, 9.17) is 5.26 Å². The average Bonchev–Trinajstić information content (AvgIpc) is 2.88. The molecule has 172 valence electrons. The topological polar surface area (TPSA) is 115 Å². The van der Waals surface area contributed by atoms with E-state index < -0.39 is 6.03 Å². The van der Waals surface area contributed by atoms with Gasteiger partial charge in [-0.25, -0.2) is 14.8 Å². The molecule has 1 N–H and O–H groups in total. The monoisotopic (exact) mass is 591 g/mol. The van der Waals surface area contributed by atoms with Crippen molar-refractivity contribution in [2.24, 2.45) is 5.18 Å². The fraction of sp³-hybridized carbons (Fsp3) is 0. The van der Waals surface area contributed by atoms with Gasteiger partial charge in [-0.3, -0.25) is 0 Å². The molecule has 1 aromatic heterocycles. The van der Waals surface area contributed by atoms with E-state index in [0.29, 0.717) is 32.9 Å². The van der Waals surface area contributed by atoms with Crippen LogP contribution < -0.4 is 15.3 Å². The molecule has 0 fully saturated rings. The van der Waals surface area contributed by atoms with Crippen molar-refractivity contribution in [1.82, 2.24) is 9.97 Å². The number of urea groups is 1. The normalized spacial score (nSPS) is 10.2. The molecule has 0 radical (unpaired) electrons. The highest BCUT2D eigenvalue weighted by atomic mass is 79.9. The van der Waals surface area contributed by atoms with Gasteiger partial charge in [-0.05, 0) is 70.5 Å². The first-order valence-electron chi connectivity index (χ1n) is 10.1. The molecule has 2 amide bonds. The Balaban J connectivity index is 1.83. The van der Waals surface area contributed by atoms with E-state index in [-0.39, 0.29) is 5.95 Å². The van der Waals surface area contributed by atoms with Crippen molar-refractivity contribution >= 4 is 66.7 Å². The van der Waals surface area contributed by atoms with Crippen molar-refractivity contribution in [3.63, 3.8) is 0 Å². The van der Waals surface area contributed by atoms with Crippen molar-refractivity contribution < 1.29 is 4.79 Å². The van der Waals surface area contributed by atoms with Gasteiger partial charge in [0.15, 0.2) is 5.82 Å². The number of rotatable bonds is 6. The van der Waals surface area contributed by atoms with Crippen molar-refractivity contribution in [3.8, 4) is 6.07 Å². The lowest BCUT2D eigenvalue weighted by Gasteiger charge is -2.34. The summed E-state index contributed by atoms with van der Waals surface area (Å²) in [6.45, 7) is 0. The van der Waals surface area contributed by atoms with Gasteiger partial charge < -0.3 is 5.32 Å². The van der Waals surface area contributed by atoms with Crippen molar-refractivity contribution in [3.05, 3.63) is 104 Å². The SMILES string of the molecule is N#Cc1ccc(Nc2nccc(N(c3cccc(Br)c3)N(C(=O)N=O)c3ccccc3Br)n2)cc1. The number of hydrogen-bond acceptors (Lipinski definition) is 7. The molecule has 4 aromatic rings. The summed E-state index contributed by atoms with van der Waals surface area (Å²) in [7, 11) is 0. The molecular formula is C24H15Br2N7O2. The van der Waals surface area contributed by atoms with Crippen molar-refractivity contribution in [2.75, 3.05) is 15.3 Å². The first kappa shape index (κ1) is 24.0. The molecule has 1 heterocycles. The molecule has 11 heteroatoms. The number of para-hydroxylation sites is 1. The van der Waals surface area contributed by atoms with Crippen LogP contribution in [0.3, 0.4) is 0 Å². The standard InChI is InChI=1S/C24H15Br2N7O2/c25-17-4-3-5-19(14-17)32(33(24(34)31-35)21-7-2-1-6-20(21)26)22-12-13-28-23(30-22)29-18-10-8-16(15-27)9-11-18/h1-14H,(H,28,29,30). The maximum absolute atomic E-state index is 12.9. The molecular weight excluding hydrogens is 578 g/mol. The third kappa shape index (κ3) is 5.51. The van der Waals surface area contributed by atoms with Crippen LogP contribution in [0.4, 0.5) is 33.6 Å². The van der Waals surface area contributed by atoms with E-state index >= 15 is 0 Å². The van der Waals surface area contributed by atoms with Gasteiger partial charge in [-0.1, -0.05) is 34.1 Å². The van der Waals surface area contributed by atoms with Gasteiger partial charge in [-0.15, -0.1) is 4.91 Å². The molecule has 9 nitrogen and oxygen atoms in total. The smallest absolute Gasteiger partial charge is 0.324 e. The van der Waals surface area contributed by atoms with E-state index in [9.17, 15) is 9.70 Å². The number of nitrogens with zero attached hydrogens (tertiary/aromatic N) is 6. The number of benzene rings is 3. The number of nitroso groups, excluding NO2 is 1. The zero-order chi connectivity index (χ0) is 24.8. The highest BCUT2D eigenvalue weighted by Crippen LogP contribution is 2.35. The molecule has 0 aliphatic carbocycles. The maximum atomic E-state index is 12.9. The van der Waals surface area contributed by atoms with Crippen molar-refractivity contribution in [1.29, 1.82) is 5.26 Å². The highest BCUT2D eigenvalue weighted by molar-refractivity contribution is 9.10. The van der Waals surface area contributed by atoms with E-state index in [2.05, 4.69) is 58.4 Å². The van der Waals surface area contributed by atoms with Crippen LogP contribution in [0.25, 0.3) is 0 Å². The molecule has 0 bridgehead atoms. The lowest BCUT2D eigenvalue weighted by atomic mass is 10.2. The maximum Gasteiger partial charge on any atom is 0.404 e. The number of nitrogens with one attached hydrogen (secondary N) is 1. The number of carbonyl (C=O) groups is 1. The second-order valence-electron chi connectivity index (χ2n) is 6.98. The second kappa shape index (κ2) is 10.9. The number of aromatic nitrogens is 2. The first-order chi connectivity index (χ1) is 17.0. The zero-order valence-electron chi connectivity index (χ0n) is 17.8. The average molecular weight is 593 g/mol. The van der Waals surface area contributed by atoms with Crippen LogP contribution in [0.5, 0.6) is 0 Å². The fourth-order valence-corrected chi connectivity index (χ4v) is 4.04. The molecule has 0 atom stereocenters. The Morgan fingerprint density at radius 2 is 1.77 bits per heavy atom. The van der Waals surface area contributed by atoms with Crippen LogP contribution in [0.15, 0.2) is 99.2 Å². The van der Waals surface area contributed by atoms with Gasteiger partial charge in [0.1, 0.15) is 0 Å². The Bertz CT molecular complexity index is 1420. The summed E-state index contributed by atoms with van der Waals surface area (Å²) in [5.74, 6) is 0.535. The zero-order valence-corrected chi connectivity index (χ0v) is 21.0. The molecule has 0 saturated heterocycles. The van der Waals surface area contributed by atoms with Crippen LogP contribution in [-0.4, -0.2) is 16.0 Å². The van der Waals surface area contributed by atoms with Crippen LogP contribution in [0.1, 0.15) is 5.56 Å². The molecule has 3 aromatic carbocycles. The number of amides is 2. The molecule has 35 heavy (non-hydrogen) atoms. The fourth-order valence-electron chi connectivity index (χ4n) is 3.20. The van der Waals surface area contributed by atoms with Gasteiger partial charge in [0, 0.05) is 32.1 Å². The highest BCUT2D eigenvalue weighted by Gasteiger charge is 2.29. The number of halogens is 2. The quantitative estimate of drug-likeness (QED) is 0.188. The summed E-state index contributed by atoms with van der Waals surface area (Å²) in [6.07, 6.45) is 1.52. The summed E-state index contributed by atoms with van der Waals surface area (Å²) < 4.78 is 1.32. The Morgan fingerprint density at radius 3 is 2.46 bits per heavy atom. The summed E-state index contributed by atoms with van der Waals surface area (Å²) in [6, 6.07) is 23.5. The van der Waals surface area contributed by atoms with Crippen LogP contribution in [0, 0.1) is 16.2 Å². The van der Waals surface area contributed by atoms with Gasteiger partial charge in [-0.2, -0.15) is 15.3 Å². The van der Waals surface area contributed by atoms with Crippen LogP contribution in [0.2, 0.25) is 0 Å². The van der Waals surface area contributed by atoms with Crippen LogP contribution >= 0.6 is 31.9 Å². The molecule has 0 unspecified atom stereocenters. The number of carbonyl (C=O) groups excluding carboxylic acids is 1. The van der Waals surface area contributed by atoms with E-state index in [1.54, 1.807) is 72.8 Å². The van der Waals surface area contributed by atoms with E-state index in [0.717, 1.165) is 9.48 Å².